The first kappa shape index (κ1) is 19.4. The smallest absolute Gasteiger partial charge is 0.316 e. The summed E-state index contributed by atoms with van der Waals surface area (Å²) in [6, 6.07) is 22.0. The second kappa shape index (κ2) is 7.58. The van der Waals surface area contributed by atoms with Crippen molar-refractivity contribution < 1.29 is 14.3 Å². The molecule has 0 spiro atoms. The van der Waals surface area contributed by atoms with Gasteiger partial charge in [-0.1, -0.05) is 55.5 Å². The molecule has 3 aromatic rings. The van der Waals surface area contributed by atoms with Crippen LogP contribution in [0, 0.1) is 11.8 Å². The average molecular weight is 412 g/mol. The molecule has 156 valence electrons. The zero-order chi connectivity index (χ0) is 21.5. The molecule has 1 aliphatic heterocycles. The van der Waals surface area contributed by atoms with E-state index in [2.05, 4.69) is 41.0 Å². The Morgan fingerprint density at radius 2 is 1.68 bits per heavy atom. The average Bonchev–Trinajstić information content (AvgIpc) is 2.95. The SMILES string of the molecule is COC(=O)[C@@H]1C(=O)C2=C(C[C@@H]1C)Nc1ccccc1N[C@@H]2c1ccc2ccccc2c1. The minimum atomic E-state index is -0.795. The fraction of sp³-hybridized carbons (Fsp3) is 0.231. The maximum Gasteiger partial charge on any atom is 0.316 e. The number of benzene rings is 3. The summed E-state index contributed by atoms with van der Waals surface area (Å²) in [5, 5.41) is 9.30. The molecule has 1 heterocycles. The van der Waals surface area contributed by atoms with Crippen molar-refractivity contribution in [2.24, 2.45) is 11.8 Å². The first-order valence-electron chi connectivity index (χ1n) is 10.5. The summed E-state index contributed by atoms with van der Waals surface area (Å²) >= 11 is 0. The number of para-hydroxylation sites is 2. The topological polar surface area (TPSA) is 67.4 Å². The molecule has 5 rings (SSSR count). The van der Waals surface area contributed by atoms with E-state index in [4.69, 9.17) is 4.74 Å². The van der Waals surface area contributed by atoms with Gasteiger partial charge in [0.05, 0.1) is 24.5 Å². The van der Waals surface area contributed by atoms with Crippen molar-refractivity contribution in [3.05, 3.63) is 83.6 Å². The predicted octanol–water partition coefficient (Wildman–Crippen LogP) is 5.07. The highest BCUT2D eigenvalue weighted by Gasteiger charge is 2.44. The lowest BCUT2D eigenvalue weighted by atomic mass is 9.74. The lowest BCUT2D eigenvalue weighted by Gasteiger charge is -2.32. The van der Waals surface area contributed by atoms with Gasteiger partial charge in [0.2, 0.25) is 0 Å². The second-order valence-corrected chi connectivity index (χ2v) is 8.29. The Labute approximate surface area is 181 Å². The number of anilines is 2. The van der Waals surface area contributed by atoms with Crippen molar-refractivity contribution in [1.82, 2.24) is 0 Å². The van der Waals surface area contributed by atoms with Gasteiger partial charge >= 0.3 is 5.97 Å². The van der Waals surface area contributed by atoms with Gasteiger partial charge in [0.1, 0.15) is 5.92 Å². The Kier molecular flexibility index (Phi) is 4.74. The highest BCUT2D eigenvalue weighted by molar-refractivity contribution is 6.11. The standard InChI is InChI=1S/C26H24N2O3/c1-15-13-21-23(25(29)22(15)26(30)31-2)24(28-20-10-6-5-9-19(20)27-21)18-12-11-16-7-3-4-8-17(16)14-18/h3-12,14-15,22,24,27-28H,13H2,1-2H3/t15-,22-,24+/m0/s1. The van der Waals surface area contributed by atoms with Gasteiger partial charge in [0, 0.05) is 11.3 Å². The number of methoxy groups -OCH3 is 1. The summed E-state index contributed by atoms with van der Waals surface area (Å²) in [6.07, 6.45) is 0.598. The first-order chi connectivity index (χ1) is 15.1. The van der Waals surface area contributed by atoms with Crippen LogP contribution in [0.25, 0.3) is 10.8 Å². The first-order valence-corrected chi connectivity index (χ1v) is 10.5. The fourth-order valence-corrected chi connectivity index (χ4v) is 4.77. The molecular weight excluding hydrogens is 388 g/mol. The van der Waals surface area contributed by atoms with Gasteiger partial charge in [-0.15, -0.1) is 0 Å². The maximum atomic E-state index is 13.7. The molecule has 0 aromatic heterocycles. The normalized spacial score (nSPS) is 22.6. The molecule has 0 unspecified atom stereocenters. The van der Waals surface area contributed by atoms with Crippen molar-refractivity contribution >= 4 is 33.9 Å². The van der Waals surface area contributed by atoms with Gasteiger partial charge in [-0.3, -0.25) is 9.59 Å². The van der Waals surface area contributed by atoms with Crippen molar-refractivity contribution in [3.8, 4) is 0 Å². The third kappa shape index (κ3) is 3.26. The predicted molar refractivity (Wildman–Crippen MR) is 122 cm³/mol. The summed E-state index contributed by atoms with van der Waals surface area (Å²) < 4.78 is 4.98. The van der Waals surface area contributed by atoms with Crippen LogP contribution in [0.4, 0.5) is 11.4 Å². The monoisotopic (exact) mass is 412 g/mol. The number of hydrogen-bond donors (Lipinski definition) is 2. The number of allylic oxidation sites excluding steroid dienone is 1. The van der Waals surface area contributed by atoms with Crippen LogP contribution >= 0.6 is 0 Å². The molecule has 3 atom stereocenters. The van der Waals surface area contributed by atoms with Crippen molar-refractivity contribution in [2.75, 3.05) is 17.7 Å². The van der Waals surface area contributed by atoms with E-state index in [0.717, 1.165) is 33.4 Å². The Balaban J connectivity index is 1.69. The third-order valence-electron chi connectivity index (χ3n) is 6.33. The van der Waals surface area contributed by atoms with Gasteiger partial charge in [0.25, 0.3) is 0 Å². The lowest BCUT2D eigenvalue weighted by Crippen LogP contribution is -2.39. The second-order valence-electron chi connectivity index (χ2n) is 8.29. The molecule has 31 heavy (non-hydrogen) atoms. The lowest BCUT2D eigenvalue weighted by molar-refractivity contribution is -0.151. The quantitative estimate of drug-likeness (QED) is 0.454. The summed E-state index contributed by atoms with van der Waals surface area (Å²) in [6.45, 7) is 1.93. The number of fused-ring (bicyclic) bond motifs is 2. The molecular formula is C26H24N2O3. The molecule has 1 aliphatic carbocycles. The van der Waals surface area contributed by atoms with E-state index < -0.39 is 11.9 Å². The van der Waals surface area contributed by atoms with Crippen LogP contribution in [0.1, 0.15) is 24.9 Å². The summed E-state index contributed by atoms with van der Waals surface area (Å²) in [4.78, 5) is 26.2. The summed E-state index contributed by atoms with van der Waals surface area (Å²) in [7, 11) is 1.34. The van der Waals surface area contributed by atoms with Gasteiger partial charge in [-0.2, -0.15) is 0 Å². The number of rotatable bonds is 2. The molecule has 0 saturated carbocycles. The van der Waals surface area contributed by atoms with Crippen molar-refractivity contribution in [2.45, 2.75) is 19.4 Å². The number of esters is 1. The van der Waals surface area contributed by atoms with Gasteiger partial charge < -0.3 is 15.4 Å². The molecule has 2 N–H and O–H groups in total. The Morgan fingerprint density at radius 3 is 2.45 bits per heavy atom. The van der Waals surface area contributed by atoms with Crippen LogP contribution in [0.5, 0.6) is 0 Å². The van der Waals surface area contributed by atoms with Gasteiger partial charge in [0.15, 0.2) is 5.78 Å². The number of carbonyl (C=O) groups excluding carboxylic acids is 2. The molecule has 0 saturated heterocycles. The molecule has 0 fully saturated rings. The largest absolute Gasteiger partial charge is 0.468 e. The fourth-order valence-electron chi connectivity index (χ4n) is 4.77. The molecule has 0 amide bonds. The van der Waals surface area contributed by atoms with Crippen LogP contribution in [0.2, 0.25) is 0 Å². The van der Waals surface area contributed by atoms with Crippen LogP contribution in [-0.2, 0) is 14.3 Å². The molecule has 0 radical (unpaired) electrons. The molecule has 2 aliphatic rings. The summed E-state index contributed by atoms with van der Waals surface area (Å²) in [5.74, 6) is -1.58. The molecule has 3 aromatic carbocycles. The van der Waals surface area contributed by atoms with E-state index in [1.165, 1.54) is 7.11 Å². The van der Waals surface area contributed by atoms with E-state index in [9.17, 15) is 9.59 Å². The van der Waals surface area contributed by atoms with Crippen LogP contribution in [-0.4, -0.2) is 18.9 Å². The zero-order valence-corrected chi connectivity index (χ0v) is 17.5. The van der Waals surface area contributed by atoms with E-state index in [1.807, 2.05) is 43.3 Å². The van der Waals surface area contributed by atoms with Crippen LogP contribution in [0.3, 0.4) is 0 Å². The highest BCUT2D eigenvalue weighted by atomic mass is 16.5. The molecule has 5 nitrogen and oxygen atoms in total. The number of Topliss-reactive ketones (excluding diaryl/α,β-unsaturated/α-hetero) is 1. The van der Waals surface area contributed by atoms with E-state index in [0.29, 0.717) is 12.0 Å². The van der Waals surface area contributed by atoms with E-state index in [-0.39, 0.29) is 17.7 Å². The minimum Gasteiger partial charge on any atom is -0.468 e. The van der Waals surface area contributed by atoms with E-state index >= 15 is 0 Å². The summed E-state index contributed by atoms with van der Waals surface area (Å²) in [5.41, 5.74) is 4.31. The van der Waals surface area contributed by atoms with Gasteiger partial charge in [-0.25, -0.2) is 0 Å². The number of ketones is 1. The molecule has 0 bridgehead atoms. The number of carbonyl (C=O) groups is 2. The highest BCUT2D eigenvalue weighted by Crippen LogP contribution is 2.44. The third-order valence-corrected chi connectivity index (χ3v) is 6.33. The van der Waals surface area contributed by atoms with E-state index in [1.54, 1.807) is 0 Å². The van der Waals surface area contributed by atoms with Crippen LogP contribution < -0.4 is 10.6 Å². The maximum absolute atomic E-state index is 13.7. The number of nitrogens with one attached hydrogen (secondary N) is 2. The Bertz CT molecular complexity index is 1230. The zero-order valence-electron chi connectivity index (χ0n) is 17.5. The van der Waals surface area contributed by atoms with Crippen molar-refractivity contribution in [1.29, 1.82) is 0 Å². The van der Waals surface area contributed by atoms with Crippen molar-refractivity contribution in [3.63, 3.8) is 0 Å². The van der Waals surface area contributed by atoms with Crippen LogP contribution in [0.15, 0.2) is 78.0 Å². The Hall–Kier alpha value is -3.60. The van der Waals surface area contributed by atoms with Gasteiger partial charge in [-0.05, 0) is 46.9 Å². The molecule has 5 heteroatoms. The Morgan fingerprint density at radius 1 is 0.968 bits per heavy atom. The minimum absolute atomic E-state index is 0.145. The number of ether oxygens (including phenoxy) is 1. The number of hydrogen-bond acceptors (Lipinski definition) is 5.